The van der Waals surface area contributed by atoms with Gasteiger partial charge in [0.1, 0.15) is 17.4 Å². The summed E-state index contributed by atoms with van der Waals surface area (Å²) in [5.74, 6) is -0.314. The summed E-state index contributed by atoms with van der Waals surface area (Å²) in [5.41, 5.74) is 0.429. The number of phenolic OH excluding ortho intramolecular Hbond substituents is 1. The molecular weight excluding hydrogens is 324 g/mol. The van der Waals surface area contributed by atoms with Gasteiger partial charge in [0.05, 0.1) is 13.2 Å². The third kappa shape index (κ3) is 3.38. The highest BCUT2D eigenvalue weighted by atomic mass is 79.9. The average molecular weight is 337 g/mol. The van der Waals surface area contributed by atoms with Crippen LogP contribution in [0.4, 0.5) is 0 Å². The predicted molar refractivity (Wildman–Crippen MR) is 76.8 cm³/mol. The van der Waals surface area contributed by atoms with Gasteiger partial charge < -0.3 is 14.7 Å². The third-order valence-electron chi connectivity index (χ3n) is 2.94. The van der Waals surface area contributed by atoms with Crippen LogP contribution in [0.3, 0.4) is 0 Å². The maximum atomic E-state index is 12.2. The SMILES string of the molecule is N#CC(=Cc1cc(Br)ccc1O)C(=O)N1CCOCC1. The van der Waals surface area contributed by atoms with Crippen molar-refractivity contribution in [3.05, 3.63) is 33.8 Å². The van der Waals surface area contributed by atoms with E-state index in [1.807, 2.05) is 6.07 Å². The lowest BCUT2D eigenvalue weighted by atomic mass is 10.1. The van der Waals surface area contributed by atoms with Crippen molar-refractivity contribution in [2.75, 3.05) is 26.3 Å². The first kappa shape index (κ1) is 14.6. The molecule has 20 heavy (non-hydrogen) atoms. The molecule has 0 saturated carbocycles. The number of hydrogen-bond donors (Lipinski definition) is 1. The van der Waals surface area contributed by atoms with Crippen molar-refractivity contribution in [3.63, 3.8) is 0 Å². The largest absolute Gasteiger partial charge is 0.507 e. The molecule has 1 saturated heterocycles. The highest BCUT2D eigenvalue weighted by Gasteiger charge is 2.20. The zero-order valence-corrected chi connectivity index (χ0v) is 12.3. The summed E-state index contributed by atoms with van der Waals surface area (Å²) in [6.07, 6.45) is 1.40. The van der Waals surface area contributed by atoms with Crippen molar-refractivity contribution in [2.45, 2.75) is 0 Å². The summed E-state index contributed by atoms with van der Waals surface area (Å²) >= 11 is 3.29. The molecule has 2 rings (SSSR count). The third-order valence-corrected chi connectivity index (χ3v) is 3.43. The Morgan fingerprint density at radius 2 is 2.15 bits per heavy atom. The van der Waals surface area contributed by atoms with Gasteiger partial charge in [-0.2, -0.15) is 5.26 Å². The van der Waals surface area contributed by atoms with E-state index in [1.165, 1.54) is 12.1 Å². The Hall–Kier alpha value is -1.84. The highest BCUT2D eigenvalue weighted by molar-refractivity contribution is 9.10. The Morgan fingerprint density at radius 3 is 2.80 bits per heavy atom. The van der Waals surface area contributed by atoms with Crippen LogP contribution in [0.1, 0.15) is 5.56 Å². The zero-order valence-electron chi connectivity index (χ0n) is 10.7. The number of aromatic hydroxyl groups is 1. The fourth-order valence-electron chi connectivity index (χ4n) is 1.88. The fourth-order valence-corrected chi connectivity index (χ4v) is 2.25. The number of nitriles is 1. The van der Waals surface area contributed by atoms with Gasteiger partial charge in [-0.05, 0) is 24.3 Å². The molecule has 0 bridgehead atoms. The van der Waals surface area contributed by atoms with E-state index in [0.717, 1.165) is 4.47 Å². The average Bonchev–Trinajstić information content (AvgIpc) is 2.48. The first-order valence-corrected chi connectivity index (χ1v) is 6.88. The lowest BCUT2D eigenvalue weighted by Crippen LogP contribution is -2.41. The normalized spacial score (nSPS) is 15.8. The molecule has 1 aromatic rings. The van der Waals surface area contributed by atoms with Crippen LogP contribution in [0.15, 0.2) is 28.2 Å². The van der Waals surface area contributed by atoms with Crippen molar-refractivity contribution in [1.29, 1.82) is 5.26 Å². The molecule has 1 aromatic carbocycles. The lowest BCUT2D eigenvalue weighted by molar-refractivity contribution is -0.130. The molecule has 0 aromatic heterocycles. The number of ether oxygens (including phenoxy) is 1. The maximum Gasteiger partial charge on any atom is 0.264 e. The smallest absolute Gasteiger partial charge is 0.264 e. The van der Waals surface area contributed by atoms with E-state index < -0.39 is 0 Å². The van der Waals surface area contributed by atoms with E-state index in [2.05, 4.69) is 15.9 Å². The van der Waals surface area contributed by atoms with E-state index in [9.17, 15) is 9.90 Å². The lowest BCUT2D eigenvalue weighted by Gasteiger charge is -2.26. The fraction of sp³-hybridized carbons (Fsp3) is 0.286. The minimum absolute atomic E-state index is 0.000278. The molecule has 0 atom stereocenters. The van der Waals surface area contributed by atoms with E-state index in [-0.39, 0.29) is 17.2 Å². The number of phenols is 1. The van der Waals surface area contributed by atoms with Crippen molar-refractivity contribution in [2.24, 2.45) is 0 Å². The van der Waals surface area contributed by atoms with E-state index in [0.29, 0.717) is 31.9 Å². The minimum Gasteiger partial charge on any atom is -0.507 e. The quantitative estimate of drug-likeness (QED) is 0.661. The second-order valence-electron chi connectivity index (χ2n) is 4.28. The summed E-state index contributed by atoms with van der Waals surface area (Å²) in [5, 5.41) is 18.9. The van der Waals surface area contributed by atoms with Gasteiger partial charge in [0, 0.05) is 23.1 Å². The van der Waals surface area contributed by atoms with Gasteiger partial charge in [-0.25, -0.2) is 0 Å². The molecule has 1 amide bonds. The van der Waals surface area contributed by atoms with Crippen molar-refractivity contribution in [3.8, 4) is 11.8 Å². The van der Waals surface area contributed by atoms with E-state index in [1.54, 1.807) is 17.0 Å². The van der Waals surface area contributed by atoms with Crippen LogP contribution in [0.2, 0.25) is 0 Å². The molecule has 1 aliphatic heterocycles. The van der Waals surface area contributed by atoms with Crippen LogP contribution >= 0.6 is 15.9 Å². The zero-order chi connectivity index (χ0) is 14.5. The summed E-state index contributed by atoms with van der Waals surface area (Å²) in [6, 6.07) is 6.74. The minimum atomic E-state index is -0.338. The number of carbonyl (C=O) groups excluding carboxylic acids is 1. The van der Waals surface area contributed by atoms with Gasteiger partial charge in [-0.15, -0.1) is 0 Å². The number of amides is 1. The van der Waals surface area contributed by atoms with Crippen molar-refractivity contribution >= 4 is 27.9 Å². The molecule has 1 heterocycles. The first-order chi connectivity index (χ1) is 9.61. The van der Waals surface area contributed by atoms with Crippen molar-refractivity contribution < 1.29 is 14.6 Å². The maximum absolute atomic E-state index is 12.2. The van der Waals surface area contributed by atoms with Crippen molar-refractivity contribution in [1.82, 2.24) is 4.90 Å². The monoisotopic (exact) mass is 336 g/mol. The Labute approximate surface area is 125 Å². The second kappa shape index (κ2) is 6.55. The summed E-state index contributed by atoms with van der Waals surface area (Å²) in [4.78, 5) is 13.8. The van der Waals surface area contributed by atoms with Gasteiger partial charge in [0.15, 0.2) is 0 Å². The van der Waals surface area contributed by atoms with Gasteiger partial charge in [0.2, 0.25) is 0 Å². The highest BCUT2D eigenvalue weighted by Crippen LogP contribution is 2.24. The molecule has 0 aliphatic carbocycles. The number of halogens is 1. The summed E-state index contributed by atoms with van der Waals surface area (Å²) in [7, 11) is 0. The molecule has 0 spiro atoms. The summed E-state index contributed by atoms with van der Waals surface area (Å²) in [6.45, 7) is 1.91. The molecule has 6 heteroatoms. The molecule has 104 valence electrons. The number of rotatable bonds is 2. The Balaban J connectivity index is 2.27. The van der Waals surface area contributed by atoms with Gasteiger partial charge >= 0.3 is 0 Å². The van der Waals surface area contributed by atoms with Crippen LogP contribution < -0.4 is 0 Å². The number of hydrogen-bond acceptors (Lipinski definition) is 4. The summed E-state index contributed by atoms with van der Waals surface area (Å²) < 4.78 is 5.94. The number of nitrogens with zero attached hydrogens (tertiary/aromatic N) is 2. The molecule has 1 fully saturated rings. The van der Waals surface area contributed by atoms with E-state index in [4.69, 9.17) is 10.00 Å². The van der Waals surface area contributed by atoms with Gasteiger partial charge in [-0.1, -0.05) is 15.9 Å². The first-order valence-electron chi connectivity index (χ1n) is 6.09. The molecule has 1 N–H and O–H groups in total. The molecule has 1 aliphatic rings. The Kier molecular flexibility index (Phi) is 4.77. The van der Waals surface area contributed by atoms with Crippen LogP contribution in [-0.2, 0) is 9.53 Å². The van der Waals surface area contributed by atoms with E-state index >= 15 is 0 Å². The molecule has 0 unspecified atom stereocenters. The van der Waals surface area contributed by atoms with Crippen LogP contribution in [0.25, 0.3) is 6.08 Å². The topological polar surface area (TPSA) is 73.6 Å². The number of benzene rings is 1. The Morgan fingerprint density at radius 1 is 1.45 bits per heavy atom. The second-order valence-corrected chi connectivity index (χ2v) is 5.19. The van der Waals surface area contributed by atoms with Crippen LogP contribution in [0, 0.1) is 11.3 Å². The van der Waals surface area contributed by atoms with Gasteiger partial charge in [-0.3, -0.25) is 4.79 Å². The standard InChI is InChI=1S/C14H13BrN2O3/c15-12-1-2-13(18)10(8-12)7-11(9-16)14(19)17-3-5-20-6-4-17/h1-2,7-8,18H,3-6H2. The number of carbonyl (C=O) groups is 1. The molecule has 5 nitrogen and oxygen atoms in total. The van der Waals surface area contributed by atoms with Gasteiger partial charge in [0.25, 0.3) is 5.91 Å². The Bertz CT molecular complexity index is 587. The predicted octanol–water partition coefficient (Wildman–Crippen LogP) is 1.92. The van der Waals surface area contributed by atoms with Crippen LogP contribution in [-0.4, -0.2) is 42.2 Å². The number of morpholine rings is 1. The molecular formula is C14H13BrN2O3. The molecule has 0 radical (unpaired) electrons. The van der Waals surface area contributed by atoms with Crippen LogP contribution in [0.5, 0.6) is 5.75 Å².